The summed E-state index contributed by atoms with van der Waals surface area (Å²) in [6.45, 7) is 0.671. The van der Waals surface area contributed by atoms with E-state index in [-0.39, 0.29) is 0 Å². The number of nitrogens with two attached hydrogens (primary N) is 1. The van der Waals surface area contributed by atoms with Gasteiger partial charge in [-0.2, -0.15) is 0 Å². The topological polar surface area (TPSA) is 35.2 Å². The van der Waals surface area contributed by atoms with Gasteiger partial charge in [-0.15, -0.1) is 11.3 Å². The lowest BCUT2D eigenvalue weighted by Gasteiger charge is -2.14. The fourth-order valence-electron chi connectivity index (χ4n) is 1.95. The van der Waals surface area contributed by atoms with Gasteiger partial charge >= 0.3 is 0 Å². The number of hydrogen-bond donors (Lipinski definition) is 1. The first-order valence-electron chi connectivity index (χ1n) is 5.80. The van der Waals surface area contributed by atoms with E-state index in [2.05, 4.69) is 45.6 Å². The van der Waals surface area contributed by atoms with Gasteiger partial charge in [0.2, 0.25) is 0 Å². The molecule has 1 atom stereocenters. The van der Waals surface area contributed by atoms with E-state index in [9.17, 15) is 0 Å². The van der Waals surface area contributed by atoms with E-state index in [1.54, 1.807) is 18.4 Å². The van der Waals surface area contributed by atoms with Crippen molar-refractivity contribution in [1.29, 1.82) is 0 Å². The van der Waals surface area contributed by atoms with Crippen molar-refractivity contribution in [2.45, 2.75) is 12.3 Å². The zero-order valence-electron chi connectivity index (χ0n) is 10.2. The van der Waals surface area contributed by atoms with Gasteiger partial charge in [0.1, 0.15) is 5.75 Å². The monoisotopic (exact) mass is 325 g/mol. The summed E-state index contributed by atoms with van der Waals surface area (Å²) in [5.74, 6) is 1.25. The molecule has 0 aliphatic rings. The Kier molecular flexibility index (Phi) is 4.80. The zero-order valence-corrected chi connectivity index (χ0v) is 12.6. The summed E-state index contributed by atoms with van der Waals surface area (Å²) in [5.41, 5.74) is 7.15. The van der Waals surface area contributed by atoms with Crippen molar-refractivity contribution in [2.24, 2.45) is 5.73 Å². The molecule has 2 nitrogen and oxygen atoms in total. The molecule has 1 aromatic heterocycles. The van der Waals surface area contributed by atoms with E-state index in [0.717, 1.165) is 16.6 Å². The van der Waals surface area contributed by atoms with Crippen molar-refractivity contribution in [2.75, 3.05) is 13.7 Å². The molecule has 1 unspecified atom stereocenters. The highest BCUT2D eigenvalue weighted by Gasteiger charge is 2.12. The quantitative estimate of drug-likeness (QED) is 0.907. The van der Waals surface area contributed by atoms with Gasteiger partial charge in [-0.3, -0.25) is 0 Å². The summed E-state index contributed by atoms with van der Waals surface area (Å²) in [7, 11) is 1.67. The number of methoxy groups -OCH3 is 1. The Bertz CT molecular complexity index is 499. The Hall–Kier alpha value is -0.840. The van der Waals surface area contributed by atoms with Crippen molar-refractivity contribution in [3.05, 3.63) is 50.6 Å². The minimum Gasteiger partial charge on any atom is -0.496 e. The van der Waals surface area contributed by atoms with E-state index >= 15 is 0 Å². The number of thiophene rings is 1. The van der Waals surface area contributed by atoms with Crippen LogP contribution < -0.4 is 10.5 Å². The van der Waals surface area contributed by atoms with Gasteiger partial charge in [-0.25, -0.2) is 0 Å². The lowest BCUT2D eigenvalue weighted by atomic mass is 9.98. The second-order valence-electron chi connectivity index (χ2n) is 4.12. The summed E-state index contributed by atoms with van der Waals surface area (Å²) in [6, 6.07) is 10.4. The fourth-order valence-corrected chi connectivity index (χ4v) is 3.38. The van der Waals surface area contributed by atoms with Crippen LogP contribution in [0.1, 0.15) is 16.4 Å². The lowest BCUT2D eigenvalue weighted by Crippen LogP contribution is -2.13. The number of ether oxygens (including phenoxy) is 1. The molecule has 0 aliphatic heterocycles. The van der Waals surface area contributed by atoms with Gasteiger partial charge in [-0.05, 0) is 51.5 Å². The van der Waals surface area contributed by atoms with Crippen LogP contribution in [0.15, 0.2) is 40.2 Å². The van der Waals surface area contributed by atoms with Crippen LogP contribution in [0.5, 0.6) is 5.75 Å². The normalized spacial score (nSPS) is 12.4. The smallest absolute Gasteiger partial charge is 0.133 e. The Labute approximate surface area is 120 Å². The summed E-state index contributed by atoms with van der Waals surface area (Å²) >= 11 is 5.28. The SMILES string of the molecule is COc1ccc(CC(CN)c2cccs2)cc1Br. The molecule has 96 valence electrons. The number of hydrogen-bond acceptors (Lipinski definition) is 3. The maximum Gasteiger partial charge on any atom is 0.133 e. The predicted octanol–water partition coefficient (Wildman–Crippen LogP) is 3.80. The van der Waals surface area contributed by atoms with Gasteiger partial charge in [0.05, 0.1) is 11.6 Å². The number of halogens is 1. The Morgan fingerprint density at radius 1 is 1.39 bits per heavy atom. The largest absolute Gasteiger partial charge is 0.496 e. The summed E-state index contributed by atoms with van der Waals surface area (Å²) in [4.78, 5) is 1.35. The van der Waals surface area contributed by atoms with Crippen LogP contribution in [0.4, 0.5) is 0 Å². The molecule has 4 heteroatoms. The van der Waals surface area contributed by atoms with Gasteiger partial charge in [0.25, 0.3) is 0 Å². The highest BCUT2D eigenvalue weighted by Crippen LogP contribution is 2.29. The molecule has 2 aromatic rings. The van der Waals surface area contributed by atoms with Crippen molar-refractivity contribution in [1.82, 2.24) is 0 Å². The maximum atomic E-state index is 5.88. The highest BCUT2D eigenvalue weighted by molar-refractivity contribution is 9.10. The van der Waals surface area contributed by atoms with Crippen LogP contribution in [0.25, 0.3) is 0 Å². The second kappa shape index (κ2) is 6.36. The summed E-state index contributed by atoms with van der Waals surface area (Å²) < 4.78 is 6.22. The third-order valence-electron chi connectivity index (χ3n) is 2.93. The van der Waals surface area contributed by atoms with Crippen molar-refractivity contribution < 1.29 is 4.74 Å². The molecule has 0 spiro atoms. The van der Waals surface area contributed by atoms with Crippen molar-refractivity contribution in [3.8, 4) is 5.75 Å². The molecular formula is C14H16BrNOS. The lowest BCUT2D eigenvalue weighted by molar-refractivity contribution is 0.412. The minimum absolute atomic E-state index is 0.394. The molecule has 18 heavy (non-hydrogen) atoms. The maximum absolute atomic E-state index is 5.88. The first-order chi connectivity index (χ1) is 8.74. The summed E-state index contributed by atoms with van der Waals surface area (Å²) in [6.07, 6.45) is 0.958. The van der Waals surface area contributed by atoms with Gasteiger partial charge < -0.3 is 10.5 Å². The van der Waals surface area contributed by atoms with Crippen LogP contribution in [-0.2, 0) is 6.42 Å². The number of rotatable bonds is 5. The van der Waals surface area contributed by atoms with E-state index < -0.39 is 0 Å². The molecule has 2 N–H and O–H groups in total. The van der Waals surface area contributed by atoms with E-state index in [4.69, 9.17) is 10.5 Å². The van der Waals surface area contributed by atoms with Crippen LogP contribution >= 0.6 is 27.3 Å². The van der Waals surface area contributed by atoms with Gasteiger partial charge in [-0.1, -0.05) is 12.1 Å². The molecule has 0 aliphatic carbocycles. The fraction of sp³-hybridized carbons (Fsp3) is 0.286. The van der Waals surface area contributed by atoms with Crippen LogP contribution in [-0.4, -0.2) is 13.7 Å². The molecular weight excluding hydrogens is 310 g/mol. The van der Waals surface area contributed by atoms with E-state index in [1.807, 2.05) is 6.07 Å². The molecule has 0 bridgehead atoms. The van der Waals surface area contributed by atoms with Gasteiger partial charge in [0, 0.05) is 17.3 Å². The Balaban J connectivity index is 2.15. The standard InChI is InChI=1S/C14H16BrNOS/c1-17-13-5-4-10(8-12(13)15)7-11(9-16)14-3-2-6-18-14/h2-6,8,11H,7,9,16H2,1H3. The molecule has 0 radical (unpaired) electrons. The van der Waals surface area contributed by atoms with E-state index in [0.29, 0.717) is 12.5 Å². The summed E-state index contributed by atoms with van der Waals surface area (Å²) in [5, 5.41) is 2.10. The highest BCUT2D eigenvalue weighted by atomic mass is 79.9. The Morgan fingerprint density at radius 2 is 2.22 bits per heavy atom. The van der Waals surface area contributed by atoms with Crippen LogP contribution in [0, 0.1) is 0 Å². The first-order valence-corrected chi connectivity index (χ1v) is 7.47. The zero-order chi connectivity index (χ0) is 13.0. The third-order valence-corrected chi connectivity index (χ3v) is 4.58. The molecule has 0 fully saturated rings. The molecule has 1 aromatic carbocycles. The van der Waals surface area contributed by atoms with Gasteiger partial charge in [0.15, 0.2) is 0 Å². The average molecular weight is 326 g/mol. The molecule has 0 amide bonds. The molecule has 1 heterocycles. The average Bonchev–Trinajstić information content (AvgIpc) is 2.90. The third kappa shape index (κ3) is 3.13. The van der Waals surface area contributed by atoms with E-state index in [1.165, 1.54) is 10.4 Å². The molecule has 0 saturated heterocycles. The molecule has 0 saturated carbocycles. The molecule has 2 rings (SSSR count). The predicted molar refractivity (Wildman–Crippen MR) is 80.5 cm³/mol. The second-order valence-corrected chi connectivity index (χ2v) is 5.95. The van der Waals surface area contributed by atoms with Crippen molar-refractivity contribution >= 4 is 27.3 Å². The number of benzene rings is 1. The van der Waals surface area contributed by atoms with Crippen molar-refractivity contribution in [3.63, 3.8) is 0 Å². The Morgan fingerprint density at radius 3 is 2.78 bits per heavy atom. The van der Waals surface area contributed by atoms with Crippen LogP contribution in [0.3, 0.4) is 0 Å². The minimum atomic E-state index is 0.394. The van der Waals surface area contributed by atoms with Crippen LogP contribution in [0.2, 0.25) is 0 Å². The first kappa shape index (κ1) is 13.6.